The summed E-state index contributed by atoms with van der Waals surface area (Å²) in [6, 6.07) is 0.918. The Bertz CT molecular complexity index is 3260. The fraction of sp³-hybridized carbons (Fsp3) is 0.588. The first-order chi connectivity index (χ1) is 34.7. The average molecular weight is 1130 g/mol. The number of ether oxygens (including phenoxy) is 5. The first-order valence-corrected chi connectivity index (χ1v) is 27.5. The van der Waals surface area contributed by atoms with Crippen molar-refractivity contribution in [2.45, 2.75) is 73.5 Å². The standard InChI is InChI=1S/C34H48N12O24P4/c1-43-13-46(28-20(43)29(51)42-33(36)41-28)30-21(48)14(5-7-61-2)15(66-30)8-64-72(55,56)69-74(59,60)70-73(57,58)65-10-17-25(24(62-3)32(68-17)45-12-39-19-26(35)37-11-38-27(19)45)71(53,54)63-9-16-22(49)23(50)31(67-16)44-6-4-18(47)40-34(44)52/h4,6,11-17,21-25,30-32,48-50H,5,7-10H2,1-3H3,(H9-,35,36,37,38,40,41,42,47,51,52,53,54,55,56,57,58,59,60)/t14-,15-,16-,17-,21-,22-,23-,24-,25-,30?,31-,32-/m1/s1. The van der Waals surface area contributed by atoms with E-state index in [0.717, 1.165) is 41.2 Å². The second-order valence-electron chi connectivity index (χ2n) is 16.7. The number of aliphatic hydroxyl groups is 3. The van der Waals surface area contributed by atoms with Gasteiger partial charge in [0.2, 0.25) is 18.5 Å². The van der Waals surface area contributed by atoms with Crippen molar-refractivity contribution in [1.82, 2.24) is 43.6 Å². The van der Waals surface area contributed by atoms with Crippen LogP contribution >= 0.6 is 31.1 Å². The third-order valence-electron chi connectivity index (χ3n) is 12.0. The summed E-state index contributed by atoms with van der Waals surface area (Å²) in [6.07, 6.45) is -11.8. The molecule has 3 aliphatic rings. The Morgan fingerprint density at radius 3 is 2.08 bits per heavy atom. The van der Waals surface area contributed by atoms with E-state index in [1.54, 1.807) is 0 Å². The minimum absolute atomic E-state index is 0.0112. The number of aryl methyl sites for hydroxylation is 1. The number of nitrogen functional groups attached to an aromatic ring is 2. The van der Waals surface area contributed by atoms with Gasteiger partial charge in [-0.15, -0.1) is 0 Å². The van der Waals surface area contributed by atoms with Crippen LogP contribution < -0.4 is 37.7 Å². The van der Waals surface area contributed by atoms with E-state index in [1.807, 2.05) is 4.98 Å². The lowest BCUT2D eigenvalue weighted by Gasteiger charge is -2.35. The Morgan fingerprint density at radius 1 is 0.784 bits per heavy atom. The molecule has 0 amide bonds. The molecule has 16 atom stereocenters. The van der Waals surface area contributed by atoms with Crippen molar-refractivity contribution in [1.29, 1.82) is 0 Å². The molecular weight excluding hydrogens is 1080 g/mol. The van der Waals surface area contributed by atoms with Crippen LogP contribution in [0.25, 0.3) is 22.3 Å². The summed E-state index contributed by atoms with van der Waals surface area (Å²) in [5.74, 6) is -1.31. The number of H-pyrrole nitrogens is 2. The van der Waals surface area contributed by atoms with E-state index in [-0.39, 0.29) is 47.1 Å². The van der Waals surface area contributed by atoms with E-state index in [4.69, 9.17) is 48.7 Å². The van der Waals surface area contributed by atoms with E-state index in [1.165, 1.54) is 29.6 Å². The lowest BCUT2D eigenvalue weighted by atomic mass is 9.95. The van der Waals surface area contributed by atoms with Crippen LogP contribution in [0.3, 0.4) is 0 Å². The third kappa shape index (κ3) is 11.4. The molecule has 8 heterocycles. The topological polar surface area (TPSA) is 510 Å². The van der Waals surface area contributed by atoms with Crippen LogP contribution in [-0.4, -0.2) is 163 Å². The Labute approximate surface area is 412 Å². The molecule has 12 N–H and O–H groups in total. The maximum absolute atomic E-state index is 14.2. The number of nitrogens with one attached hydrogen (secondary N) is 2. The third-order valence-corrected chi connectivity index (χ3v) is 18.1. The Morgan fingerprint density at radius 2 is 1.42 bits per heavy atom. The summed E-state index contributed by atoms with van der Waals surface area (Å²) in [7, 11) is -19.6. The molecule has 3 aliphatic heterocycles. The van der Waals surface area contributed by atoms with Crippen LogP contribution in [0.15, 0.2) is 45.6 Å². The lowest BCUT2D eigenvalue weighted by molar-refractivity contribution is -0.646. The number of aromatic amines is 2. The molecule has 8 rings (SSSR count). The van der Waals surface area contributed by atoms with Crippen molar-refractivity contribution in [2.24, 2.45) is 13.0 Å². The van der Waals surface area contributed by atoms with Gasteiger partial charge >= 0.3 is 34.7 Å². The number of nitrogens with zero attached hydrogens (tertiary/aromatic N) is 8. The molecule has 3 fully saturated rings. The predicted octanol–water partition coefficient (Wildman–Crippen LogP) is -4.15. The van der Waals surface area contributed by atoms with Gasteiger partial charge in [0.15, 0.2) is 23.9 Å². The Kier molecular flexibility index (Phi) is 16.1. The molecule has 0 saturated carbocycles. The number of hydrogen-bond acceptors (Lipinski definition) is 27. The SMILES string of the molecule is COCC[C@@H]1[C@@H](COP(=O)(O)OP(=O)(O)OP(=O)(O)OC[C@H]2O[C@@H](n3cnc4c(N)ncnc43)[C@H](OC)[C@@H]2P(=O)([O-])OC[C@H]2O[C@@H](n3ccc(=O)[nH]c3=O)[C@H](O)[C@@H]2O)OC(n2c[n+](C)c3c(=O)[nH]c(N)nc32)[C@@H]1O. The van der Waals surface area contributed by atoms with Gasteiger partial charge in [-0.1, -0.05) is 0 Å². The number of phosphoric ester groups is 2. The lowest BCUT2D eigenvalue weighted by Crippen LogP contribution is -2.40. The summed E-state index contributed by atoms with van der Waals surface area (Å²) in [5, 5.41) is 32.8. The van der Waals surface area contributed by atoms with E-state index in [0.29, 0.717) is 0 Å². The van der Waals surface area contributed by atoms with Crippen LogP contribution in [0.5, 0.6) is 0 Å². The zero-order valence-electron chi connectivity index (χ0n) is 38.4. The maximum atomic E-state index is 14.2. The maximum Gasteiger partial charge on any atom is 0.490 e. The summed E-state index contributed by atoms with van der Waals surface area (Å²) in [4.78, 5) is 103. The fourth-order valence-corrected chi connectivity index (χ4v) is 13.9. The van der Waals surface area contributed by atoms with Gasteiger partial charge in [-0.2, -0.15) is 18.2 Å². The zero-order valence-corrected chi connectivity index (χ0v) is 42.0. The molecule has 40 heteroatoms. The number of nitrogens with two attached hydrogens (primary N) is 2. The molecule has 5 unspecified atom stereocenters. The number of hydrogen-bond donors (Lipinski definition) is 10. The van der Waals surface area contributed by atoms with Crippen LogP contribution in [0.1, 0.15) is 25.1 Å². The van der Waals surface area contributed by atoms with Crippen LogP contribution in [0, 0.1) is 5.92 Å². The van der Waals surface area contributed by atoms with E-state index in [2.05, 4.69) is 33.5 Å². The number of methoxy groups -OCH3 is 2. The summed E-state index contributed by atoms with van der Waals surface area (Å²) >= 11 is 0. The van der Waals surface area contributed by atoms with Crippen molar-refractivity contribution in [3.8, 4) is 0 Å². The second-order valence-corrected chi connectivity index (χ2v) is 23.2. The smallest absolute Gasteiger partial charge is 0.490 e. The number of fused-ring (bicyclic) bond motifs is 2. The highest BCUT2D eigenvalue weighted by Crippen LogP contribution is 2.68. The van der Waals surface area contributed by atoms with Crippen molar-refractivity contribution < 1.29 is 104 Å². The zero-order chi connectivity index (χ0) is 53.8. The summed E-state index contributed by atoms with van der Waals surface area (Å²) < 4.78 is 110. The highest BCUT2D eigenvalue weighted by Gasteiger charge is 2.55. The summed E-state index contributed by atoms with van der Waals surface area (Å²) in [5.41, 5.74) is 7.15. The van der Waals surface area contributed by atoms with Gasteiger partial charge in [0.1, 0.15) is 50.0 Å². The highest BCUT2D eigenvalue weighted by atomic mass is 31.3. The molecule has 408 valence electrons. The molecule has 0 spiro atoms. The monoisotopic (exact) mass is 1130 g/mol. The van der Waals surface area contributed by atoms with E-state index < -0.39 is 141 Å². The number of imidazole rings is 2. The minimum Gasteiger partial charge on any atom is -0.778 e. The molecular formula is C34H48N12O24P4. The van der Waals surface area contributed by atoms with E-state index >= 15 is 0 Å². The van der Waals surface area contributed by atoms with Crippen molar-refractivity contribution >= 4 is 65.2 Å². The quantitative estimate of drug-likeness (QED) is 0.0246. The Balaban J connectivity index is 0.959. The predicted molar refractivity (Wildman–Crippen MR) is 238 cm³/mol. The first-order valence-electron chi connectivity index (χ1n) is 21.4. The van der Waals surface area contributed by atoms with Gasteiger partial charge in [-0.25, -0.2) is 38.0 Å². The fourth-order valence-electron chi connectivity index (χ4n) is 8.67. The number of aliphatic hydroxyl groups excluding tert-OH is 3. The molecule has 36 nitrogen and oxygen atoms in total. The van der Waals surface area contributed by atoms with E-state index in [9.17, 15) is 67.5 Å². The van der Waals surface area contributed by atoms with Crippen molar-refractivity contribution in [2.75, 3.05) is 52.1 Å². The second kappa shape index (κ2) is 21.4. The molecule has 0 aromatic carbocycles. The van der Waals surface area contributed by atoms with Gasteiger partial charge < -0.3 is 79.1 Å². The number of aromatic nitrogens is 10. The molecule has 5 aromatic heterocycles. The highest BCUT2D eigenvalue weighted by molar-refractivity contribution is 7.66. The van der Waals surface area contributed by atoms with Gasteiger partial charge in [0.05, 0.1) is 51.1 Å². The molecule has 0 radical (unpaired) electrons. The van der Waals surface area contributed by atoms with Gasteiger partial charge in [0, 0.05) is 39.0 Å². The molecule has 74 heavy (non-hydrogen) atoms. The van der Waals surface area contributed by atoms with Gasteiger partial charge in [0.25, 0.3) is 16.7 Å². The van der Waals surface area contributed by atoms with Gasteiger partial charge in [-0.3, -0.25) is 37.7 Å². The largest absolute Gasteiger partial charge is 0.778 e. The molecule has 3 saturated heterocycles. The van der Waals surface area contributed by atoms with Crippen LogP contribution in [-0.2, 0) is 71.2 Å². The number of rotatable bonds is 21. The van der Waals surface area contributed by atoms with Crippen LogP contribution in [0.2, 0.25) is 0 Å². The number of anilines is 2. The average Bonchev–Trinajstić information content (AvgIpc) is 4.12. The van der Waals surface area contributed by atoms with Crippen molar-refractivity contribution in [3.05, 3.63) is 62.4 Å². The summed E-state index contributed by atoms with van der Waals surface area (Å²) in [6.45, 7) is -3.31. The van der Waals surface area contributed by atoms with Crippen molar-refractivity contribution in [3.63, 3.8) is 0 Å². The van der Waals surface area contributed by atoms with Crippen LogP contribution in [0.4, 0.5) is 11.8 Å². The first kappa shape index (κ1) is 55.6. The molecule has 0 aliphatic carbocycles. The number of phosphoric acid groups is 3. The van der Waals surface area contributed by atoms with Gasteiger partial charge in [-0.05, 0) is 6.42 Å². The normalized spacial score (nSPS) is 30.6. The Hall–Kier alpha value is -4.58. The molecule has 5 aromatic rings. The minimum atomic E-state index is -6.20. The molecule has 0 bridgehead atoms.